The highest BCUT2D eigenvalue weighted by Crippen LogP contribution is 2.42. The van der Waals surface area contributed by atoms with Gasteiger partial charge < -0.3 is 13.9 Å². The Bertz CT molecular complexity index is 3890. The van der Waals surface area contributed by atoms with Crippen LogP contribution in [0.5, 0.6) is 0 Å². The molecule has 69 heavy (non-hydrogen) atoms. The van der Waals surface area contributed by atoms with E-state index in [1.807, 2.05) is 12.1 Å². The zero-order valence-electron chi connectivity index (χ0n) is 38.0. The van der Waals surface area contributed by atoms with Gasteiger partial charge in [-0.15, -0.1) is 0 Å². The van der Waals surface area contributed by atoms with E-state index in [1.54, 1.807) is 0 Å². The van der Waals surface area contributed by atoms with E-state index in [9.17, 15) is 0 Å². The van der Waals surface area contributed by atoms with Crippen LogP contribution < -0.4 is 4.90 Å². The van der Waals surface area contributed by atoms with Crippen molar-refractivity contribution in [2.45, 2.75) is 12.8 Å². The third kappa shape index (κ3) is 7.24. The molecule has 0 atom stereocenters. The van der Waals surface area contributed by atoms with E-state index >= 15 is 0 Å². The van der Waals surface area contributed by atoms with E-state index in [4.69, 9.17) is 4.42 Å². The number of rotatable bonds is 9. The number of hydrogen-bond donors (Lipinski definition) is 0. The number of fused-ring (bicyclic) bond motifs is 6. The lowest BCUT2D eigenvalue weighted by molar-refractivity contribution is 0.670. The van der Waals surface area contributed by atoms with Gasteiger partial charge in [0.2, 0.25) is 0 Å². The molecule has 0 aliphatic heterocycles. The highest BCUT2D eigenvalue weighted by molar-refractivity contribution is 6.10. The van der Waals surface area contributed by atoms with Crippen LogP contribution in [0.15, 0.2) is 265 Å². The molecule has 0 saturated carbocycles. The topological polar surface area (TPSA) is 21.3 Å². The van der Waals surface area contributed by atoms with Crippen molar-refractivity contribution < 1.29 is 4.42 Å². The Morgan fingerprint density at radius 1 is 0.348 bits per heavy atom. The van der Waals surface area contributed by atoms with Crippen molar-refractivity contribution in [2.24, 2.45) is 0 Å². The maximum atomic E-state index is 6.41. The molecule has 12 aromatic rings. The molecule has 13 rings (SSSR count). The lowest BCUT2D eigenvalue weighted by Crippen LogP contribution is -2.18. The Balaban J connectivity index is 0.889. The standard InChI is InChI=1S/C66H46N2O/c1-2-15-45(16-3-1)46-31-33-49(34-32-46)51-17-12-19-54(43-51)67(53-41-39-48(40-42-53)47-35-37-50(38-36-47)57-25-14-26-61-60-24-7-11-30-65(60)69-66(57)61)55-20-13-18-52(44-55)56-21-4-8-27-62(56)68-63-28-9-5-22-58(63)59-23-6-10-29-64(59)68/h1-39,41,43-44H,40,42H2. The second-order valence-corrected chi connectivity index (χ2v) is 18.0. The molecule has 0 amide bonds. The van der Waals surface area contributed by atoms with Crippen molar-refractivity contribution in [3.63, 3.8) is 0 Å². The third-order valence-electron chi connectivity index (χ3n) is 14.0. The van der Waals surface area contributed by atoms with E-state index < -0.39 is 0 Å². The smallest absolute Gasteiger partial charge is 0.143 e. The lowest BCUT2D eigenvalue weighted by atomic mass is 9.93. The summed E-state index contributed by atoms with van der Waals surface area (Å²) in [5.74, 6) is 0. The van der Waals surface area contributed by atoms with Crippen LogP contribution in [-0.4, -0.2) is 4.57 Å². The van der Waals surface area contributed by atoms with Crippen LogP contribution in [0.4, 0.5) is 11.4 Å². The van der Waals surface area contributed by atoms with Crippen LogP contribution in [-0.2, 0) is 0 Å². The zero-order chi connectivity index (χ0) is 45.7. The number of benzene rings is 10. The van der Waals surface area contributed by atoms with E-state index in [-0.39, 0.29) is 0 Å². The first kappa shape index (κ1) is 40.4. The molecule has 2 heterocycles. The molecule has 3 nitrogen and oxygen atoms in total. The molecule has 1 aliphatic rings. The molecule has 0 fully saturated rings. The van der Waals surface area contributed by atoms with Gasteiger partial charge in [-0.1, -0.05) is 200 Å². The summed E-state index contributed by atoms with van der Waals surface area (Å²) in [4.78, 5) is 2.47. The molecule has 0 spiro atoms. The van der Waals surface area contributed by atoms with Gasteiger partial charge >= 0.3 is 0 Å². The number of anilines is 2. The Labute approximate surface area is 401 Å². The van der Waals surface area contributed by atoms with Gasteiger partial charge in [-0.3, -0.25) is 0 Å². The Morgan fingerprint density at radius 3 is 1.59 bits per heavy atom. The van der Waals surface area contributed by atoms with Crippen LogP contribution in [0.25, 0.3) is 99.5 Å². The highest BCUT2D eigenvalue weighted by atomic mass is 16.3. The van der Waals surface area contributed by atoms with Crippen molar-refractivity contribution in [1.29, 1.82) is 0 Å². The molecule has 0 saturated heterocycles. The molecular weight excluding hydrogens is 837 g/mol. The number of hydrogen-bond acceptors (Lipinski definition) is 2. The first-order chi connectivity index (χ1) is 34.2. The molecule has 0 N–H and O–H groups in total. The van der Waals surface area contributed by atoms with E-state index in [2.05, 4.69) is 252 Å². The second-order valence-electron chi connectivity index (χ2n) is 18.0. The predicted molar refractivity (Wildman–Crippen MR) is 290 cm³/mol. The molecule has 0 bridgehead atoms. The number of allylic oxidation sites excluding steroid dienone is 4. The zero-order valence-corrected chi connectivity index (χ0v) is 38.0. The van der Waals surface area contributed by atoms with Crippen LogP contribution in [0.1, 0.15) is 18.4 Å². The summed E-state index contributed by atoms with van der Waals surface area (Å²) in [5.41, 5.74) is 20.9. The van der Waals surface area contributed by atoms with Crippen molar-refractivity contribution in [3.8, 4) is 50.2 Å². The first-order valence-corrected chi connectivity index (χ1v) is 23.9. The van der Waals surface area contributed by atoms with Crippen molar-refractivity contribution in [3.05, 3.63) is 266 Å². The van der Waals surface area contributed by atoms with Gasteiger partial charge in [0.25, 0.3) is 0 Å². The van der Waals surface area contributed by atoms with Gasteiger partial charge in [0.15, 0.2) is 0 Å². The van der Waals surface area contributed by atoms with Crippen molar-refractivity contribution >= 4 is 60.7 Å². The molecule has 3 heteroatoms. The molecule has 0 unspecified atom stereocenters. The average Bonchev–Trinajstić information content (AvgIpc) is 3.98. The Kier molecular flexibility index (Phi) is 9.98. The van der Waals surface area contributed by atoms with E-state index in [0.29, 0.717) is 0 Å². The largest absolute Gasteiger partial charge is 0.455 e. The maximum Gasteiger partial charge on any atom is 0.143 e. The van der Waals surface area contributed by atoms with Crippen LogP contribution in [0.2, 0.25) is 0 Å². The summed E-state index contributed by atoms with van der Waals surface area (Å²) in [5, 5.41) is 4.81. The van der Waals surface area contributed by atoms with Crippen LogP contribution in [0, 0.1) is 0 Å². The van der Waals surface area contributed by atoms with Gasteiger partial charge in [0.05, 0.1) is 16.7 Å². The van der Waals surface area contributed by atoms with E-state index in [0.717, 1.165) is 68.5 Å². The Morgan fingerprint density at radius 2 is 0.870 bits per heavy atom. The monoisotopic (exact) mass is 882 g/mol. The SMILES string of the molecule is C1=C(c2ccc(-c3cccc4c3oc3ccccc34)cc2)CCC(N(c2cccc(-c3ccc(-c4ccccc4)cc3)c2)c2cccc(-c3ccccc3-n3c4ccccc4c4ccccc43)c2)=C1. The number of aromatic nitrogens is 1. The third-order valence-corrected chi connectivity index (χ3v) is 14.0. The average molecular weight is 883 g/mol. The Hall–Kier alpha value is -8.92. The lowest BCUT2D eigenvalue weighted by Gasteiger charge is -2.31. The second kappa shape index (κ2) is 17.1. The fourth-order valence-corrected chi connectivity index (χ4v) is 10.6. The number of furan rings is 1. The van der Waals surface area contributed by atoms with Gasteiger partial charge in [0.1, 0.15) is 11.2 Å². The van der Waals surface area contributed by atoms with Crippen molar-refractivity contribution in [1.82, 2.24) is 4.57 Å². The molecule has 1 aliphatic carbocycles. The van der Waals surface area contributed by atoms with Gasteiger partial charge in [-0.05, 0) is 112 Å². The van der Waals surface area contributed by atoms with Gasteiger partial charge in [0, 0.05) is 49.7 Å². The predicted octanol–water partition coefficient (Wildman–Crippen LogP) is 18.3. The van der Waals surface area contributed by atoms with E-state index in [1.165, 1.54) is 66.5 Å². The fourth-order valence-electron chi connectivity index (χ4n) is 10.6. The molecule has 0 radical (unpaired) electrons. The highest BCUT2D eigenvalue weighted by Gasteiger charge is 2.21. The summed E-state index contributed by atoms with van der Waals surface area (Å²) in [6.07, 6.45) is 6.46. The molecule has 2 aromatic heterocycles. The minimum absolute atomic E-state index is 0.879. The van der Waals surface area contributed by atoms with Crippen LogP contribution >= 0.6 is 0 Å². The molecule has 326 valence electrons. The number of para-hydroxylation sites is 5. The van der Waals surface area contributed by atoms with Gasteiger partial charge in [-0.2, -0.15) is 0 Å². The summed E-state index contributed by atoms with van der Waals surface area (Å²) in [6.45, 7) is 0. The summed E-state index contributed by atoms with van der Waals surface area (Å²) in [7, 11) is 0. The maximum absolute atomic E-state index is 6.41. The van der Waals surface area contributed by atoms with Crippen molar-refractivity contribution in [2.75, 3.05) is 4.90 Å². The molecule has 10 aromatic carbocycles. The quantitative estimate of drug-likeness (QED) is 0.144. The molecular formula is C66H46N2O. The van der Waals surface area contributed by atoms with Gasteiger partial charge in [-0.25, -0.2) is 0 Å². The fraction of sp³-hybridized carbons (Fsp3) is 0.0303. The summed E-state index contributed by atoms with van der Waals surface area (Å²) >= 11 is 0. The minimum Gasteiger partial charge on any atom is -0.455 e. The normalized spacial score (nSPS) is 12.7. The first-order valence-electron chi connectivity index (χ1n) is 23.9. The summed E-state index contributed by atoms with van der Waals surface area (Å²) in [6, 6.07) is 87.7. The van der Waals surface area contributed by atoms with Crippen LogP contribution in [0.3, 0.4) is 0 Å². The minimum atomic E-state index is 0.879. The summed E-state index contributed by atoms with van der Waals surface area (Å²) < 4.78 is 8.84. The number of nitrogens with zero attached hydrogens (tertiary/aromatic N) is 2.